The van der Waals surface area contributed by atoms with Crippen LogP contribution in [0.15, 0.2) is 52.4 Å². The van der Waals surface area contributed by atoms with Gasteiger partial charge >= 0.3 is 0 Å². The van der Waals surface area contributed by atoms with Gasteiger partial charge in [-0.3, -0.25) is 14.2 Å². The fourth-order valence-corrected chi connectivity index (χ4v) is 4.67. The Balaban J connectivity index is 1.62. The van der Waals surface area contributed by atoms with Crippen LogP contribution < -0.4 is 10.5 Å². The van der Waals surface area contributed by atoms with Crippen molar-refractivity contribution < 1.29 is 4.79 Å². The molecule has 0 saturated heterocycles. The van der Waals surface area contributed by atoms with Crippen molar-refractivity contribution in [3.05, 3.63) is 63.4 Å². The average molecular weight is 428 g/mol. The Kier molecular flexibility index (Phi) is 5.65. The van der Waals surface area contributed by atoms with Crippen molar-refractivity contribution in [3.63, 3.8) is 0 Å². The number of rotatable bonds is 5. The van der Waals surface area contributed by atoms with Crippen LogP contribution >= 0.6 is 23.4 Å². The zero-order valence-corrected chi connectivity index (χ0v) is 18.0. The molecule has 0 bridgehead atoms. The summed E-state index contributed by atoms with van der Waals surface area (Å²) in [6.45, 7) is 5.34. The highest BCUT2D eigenvalue weighted by Crippen LogP contribution is 2.29. The minimum atomic E-state index is -0.118. The predicted molar refractivity (Wildman–Crippen MR) is 119 cm³/mol. The largest absolute Gasteiger partial charge is 0.311 e. The molecule has 0 spiro atoms. The number of nitrogens with zero attached hydrogens (tertiary/aromatic N) is 3. The summed E-state index contributed by atoms with van der Waals surface area (Å²) in [7, 11) is 0. The molecule has 7 heteroatoms. The molecule has 2 heterocycles. The summed E-state index contributed by atoms with van der Waals surface area (Å²) >= 11 is 7.39. The Bertz CT molecular complexity index is 1140. The third-order valence-electron chi connectivity index (χ3n) is 4.94. The van der Waals surface area contributed by atoms with Gasteiger partial charge in [0.25, 0.3) is 5.56 Å². The molecule has 1 aliphatic heterocycles. The van der Waals surface area contributed by atoms with Gasteiger partial charge in [0, 0.05) is 23.8 Å². The number of benzene rings is 2. The van der Waals surface area contributed by atoms with Crippen LogP contribution in [0.3, 0.4) is 0 Å². The van der Waals surface area contributed by atoms with E-state index in [0.29, 0.717) is 34.2 Å². The fraction of sp³-hybridized carbons (Fsp3) is 0.318. The lowest BCUT2D eigenvalue weighted by Gasteiger charge is -2.18. The maximum atomic E-state index is 13.1. The molecule has 0 fully saturated rings. The molecule has 4 rings (SSSR count). The summed E-state index contributed by atoms with van der Waals surface area (Å²) < 4.78 is 1.67. The van der Waals surface area contributed by atoms with Gasteiger partial charge in [-0.15, -0.1) is 0 Å². The Hall–Kier alpha value is -2.31. The first-order valence-corrected chi connectivity index (χ1v) is 11.0. The van der Waals surface area contributed by atoms with Crippen LogP contribution in [0.5, 0.6) is 0 Å². The van der Waals surface area contributed by atoms with E-state index in [9.17, 15) is 9.59 Å². The third-order valence-corrected chi connectivity index (χ3v) is 6.14. The topological polar surface area (TPSA) is 55.2 Å². The summed E-state index contributed by atoms with van der Waals surface area (Å²) in [5, 5.41) is 1.58. The zero-order valence-electron chi connectivity index (χ0n) is 16.4. The lowest BCUT2D eigenvalue weighted by molar-refractivity contribution is -0.116. The van der Waals surface area contributed by atoms with Gasteiger partial charge in [-0.2, -0.15) is 0 Å². The van der Waals surface area contributed by atoms with Crippen molar-refractivity contribution in [1.82, 2.24) is 9.55 Å². The van der Waals surface area contributed by atoms with E-state index in [-0.39, 0.29) is 23.1 Å². The third kappa shape index (κ3) is 4.05. The predicted octanol–water partition coefficient (Wildman–Crippen LogP) is 4.39. The number of fused-ring (bicyclic) bond motifs is 2. The number of carbonyl (C=O) groups is 1. The average Bonchev–Trinajstić information content (AvgIpc) is 3.13. The Morgan fingerprint density at radius 2 is 2.03 bits per heavy atom. The normalized spacial score (nSPS) is 13.3. The number of anilines is 1. The van der Waals surface area contributed by atoms with E-state index in [1.54, 1.807) is 22.8 Å². The highest BCUT2D eigenvalue weighted by Gasteiger charge is 2.24. The second-order valence-electron chi connectivity index (χ2n) is 7.58. The number of hydrogen-bond donors (Lipinski definition) is 0. The molecule has 2 aromatic carbocycles. The smallest absolute Gasteiger partial charge is 0.262 e. The van der Waals surface area contributed by atoms with Crippen molar-refractivity contribution in [1.29, 1.82) is 0 Å². The second kappa shape index (κ2) is 8.20. The van der Waals surface area contributed by atoms with Gasteiger partial charge in [0.05, 0.1) is 16.7 Å². The SMILES string of the molecule is CC(C)Cn1c(SCC(=O)N2CCc3ccccc32)nc2ccc(Cl)cc2c1=O. The molecule has 3 aromatic rings. The summed E-state index contributed by atoms with van der Waals surface area (Å²) in [4.78, 5) is 32.4. The van der Waals surface area contributed by atoms with Gasteiger partial charge < -0.3 is 4.90 Å². The molecule has 0 radical (unpaired) electrons. The molecule has 0 unspecified atom stereocenters. The lowest BCUT2D eigenvalue weighted by Crippen LogP contribution is -2.31. The molecule has 150 valence electrons. The molecular formula is C22H22ClN3O2S. The molecule has 1 amide bonds. The van der Waals surface area contributed by atoms with Crippen molar-refractivity contribution in [2.24, 2.45) is 5.92 Å². The van der Waals surface area contributed by atoms with Crippen LogP contribution in [0.25, 0.3) is 10.9 Å². The fourth-order valence-electron chi connectivity index (χ4n) is 3.61. The first-order chi connectivity index (χ1) is 13.9. The maximum absolute atomic E-state index is 13.1. The second-order valence-corrected chi connectivity index (χ2v) is 8.96. The first kappa shape index (κ1) is 20.0. The Labute approximate surface area is 178 Å². The van der Waals surface area contributed by atoms with Gasteiger partial charge in [0.15, 0.2) is 5.16 Å². The zero-order chi connectivity index (χ0) is 20.5. The molecule has 1 aromatic heterocycles. The molecule has 5 nitrogen and oxygen atoms in total. The van der Waals surface area contributed by atoms with Gasteiger partial charge in [-0.1, -0.05) is 55.4 Å². The first-order valence-electron chi connectivity index (χ1n) is 9.65. The summed E-state index contributed by atoms with van der Waals surface area (Å²) in [5.74, 6) is 0.533. The van der Waals surface area contributed by atoms with E-state index in [4.69, 9.17) is 11.6 Å². The van der Waals surface area contributed by atoms with Crippen LogP contribution in [0.1, 0.15) is 19.4 Å². The number of amides is 1. The molecule has 0 atom stereocenters. The molecule has 29 heavy (non-hydrogen) atoms. The maximum Gasteiger partial charge on any atom is 0.262 e. The number of para-hydroxylation sites is 1. The van der Waals surface area contributed by atoms with E-state index in [1.807, 2.05) is 23.1 Å². The highest BCUT2D eigenvalue weighted by atomic mass is 35.5. The highest BCUT2D eigenvalue weighted by molar-refractivity contribution is 7.99. The van der Waals surface area contributed by atoms with Gasteiger partial charge in [-0.05, 0) is 42.2 Å². The Morgan fingerprint density at radius 3 is 2.83 bits per heavy atom. The quantitative estimate of drug-likeness (QED) is 0.447. The molecule has 0 saturated carbocycles. The Morgan fingerprint density at radius 1 is 1.24 bits per heavy atom. The molecule has 1 aliphatic rings. The van der Waals surface area contributed by atoms with Crippen LogP contribution in [-0.2, 0) is 17.8 Å². The van der Waals surface area contributed by atoms with Gasteiger partial charge in [0.2, 0.25) is 5.91 Å². The van der Waals surface area contributed by atoms with E-state index in [1.165, 1.54) is 17.3 Å². The van der Waals surface area contributed by atoms with Crippen LogP contribution in [-0.4, -0.2) is 27.8 Å². The van der Waals surface area contributed by atoms with Crippen LogP contribution in [0.4, 0.5) is 5.69 Å². The van der Waals surface area contributed by atoms with E-state index < -0.39 is 0 Å². The minimum absolute atomic E-state index is 0.0292. The standard InChI is InChI=1S/C22H22ClN3O2S/c1-14(2)12-26-21(28)17-11-16(23)7-8-18(17)24-22(26)29-13-20(27)25-10-9-15-5-3-4-6-19(15)25/h3-8,11,14H,9-10,12-13H2,1-2H3. The summed E-state index contributed by atoms with van der Waals surface area (Å²) in [6.07, 6.45) is 0.875. The minimum Gasteiger partial charge on any atom is -0.311 e. The molecule has 0 aliphatic carbocycles. The van der Waals surface area contributed by atoms with Crippen LogP contribution in [0.2, 0.25) is 5.02 Å². The van der Waals surface area contributed by atoms with Gasteiger partial charge in [-0.25, -0.2) is 4.98 Å². The van der Waals surface area contributed by atoms with Crippen LogP contribution in [0, 0.1) is 5.92 Å². The number of carbonyl (C=O) groups excluding carboxylic acids is 1. The van der Waals surface area contributed by atoms with Crippen molar-refractivity contribution in [3.8, 4) is 0 Å². The number of aromatic nitrogens is 2. The van der Waals surface area contributed by atoms with Crippen molar-refractivity contribution in [2.45, 2.75) is 32.0 Å². The van der Waals surface area contributed by atoms with Crippen molar-refractivity contribution >= 4 is 45.9 Å². The monoisotopic (exact) mass is 427 g/mol. The van der Waals surface area contributed by atoms with Gasteiger partial charge in [0.1, 0.15) is 0 Å². The molecule has 0 N–H and O–H groups in total. The van der Waals surface area contributed by atoms with E-state index in [2.05, 4.69) is 24.9 Å². The molecular weight excluding hydrogens is 406 g/mol. The lowest BCUT2D eigenvalue weighted by atomic mass is 10.2. The summed E-state index contributed by atoms with van der Waals surface area (Å²) in [6, 6.07) is 13.1. The number of hydrogen-bond acceptors (Lipinski definition) is 4. The van der Waals surface area contributed by atoms with E-state index in [0.717, 1.165) is 12.1 Å². The van der Waals surface area contributed by atoms with E-state index >= 15 is 0 Å². The summed E-state index contributed by atoms with van der Waals surface area (Å²) in [5.41, 5.74) is 2.66. The van der Waals surface area contributed by atoms with Crippen molar-refractivity contribution in [2.75, 3.05) is 17.2 Å². The number of thioether (sulfide) groups is 1. The number of halogens is 1.